The van der Waals surface area contributed by atoms with Gasteiger partial charge in [0.25, 0.3) is 0 Å². The Labute approximate surface area is 99.1 Å². The SMILES string of the molecule is NC(N)c1ccc2cc3ccccc3nc2c1. The van der Waals surface area contributed by atoms with E-state index in [2.05, 4.69) is 17.1 Å². The molecule has 84 valence electrons. The number of aromatic nitrogens is 1. The molecule has 0 saturated carbocycles. The minimum atomic E-state index is -0.451. The summed E-state index contributed by atoms with van der Waals surface area (Å²) in [6.07, 6.45) is -0.451. The lowest BCUT2D eigenvalue weighted by atomic mass is 10.1. The Morgan fingerprint density at radius 3 is 2.41 bits per heavy atom. The molecule has 0 unspecified atom stereocenters. The normalized spacial score (nSPS) is 11.5. The topological polar surface area (TPSA) is 64.9 Å². The van der Waals surface area contributed by atoms with Crippen molar-refractivity contribution in [1.82, 2.24) is 4.98 Å². The van der Waals surface area contributed by atoms with Gasteiger partial charge in [0.05, 0.1) is 17.2 Å². The van der Waals surface area contributed by atoms with E-state index in [1.807, 2.05) is 36.4 Å². The third kappa shape index (κ3) is 1.75. The van der Waals surface area contributed by atoms with E-state index in [0.717, 1.165) is 27.4 Å². The number of nitrogens with two attached hydrogens (primary N) is 2. The molecule has 3 rings (SSSR count). The van der Waals surface area contributed by atoms with Crippen LogP contribution in [0.1, 0.15) is 11.7 Å². The Morgan fingerprint density at radius 1 is 0.824 bits per heavy atom. The summed E-state index contributed by atoms with van der Waals surface area (Å²) in [5.41, 5.74) is 14.2. The first-order valence-corrected chi connectivity index (χ1v) is 5.55. The maximum Gasteiger partial charge on any atom is 0.0785 e. The fourth-order valence-corrected chi connectivity index (χ4v) is 2.00. The van der Waals surface area contributed by atoms with Crippen LogP contribution in [0.3, 0.4) is 0 Å². The number of nitrogens with zero attached hydrogens (tertiary/aromatic N) is 1. The highest BCUT2D eigenvalue weighted by molar-refractivity contribution is 5.92. The maximum absolute atomic E-state index is 5.67. The van der Waals surface area contributed by atoms with E-state index in [-0.39, 0.29) is 0 Å². The van der Waals surface area contributed by atoms with Gasteiger partial charge in [-0.3, -0.25) is 0 Å². The summed E-state index contributed by atoms with van der Waals surface area (Å²) in [5, 5.41) is 2.25. The first kappa shape index (κ1) is 10.2. The van der Waals surface area contributed by atoms with Crippen molar-refractivity contribution in [3.8, 4) is 0 Å². The molecule has 1 aromatic heterocycles. The number of para-hydroxylation sites is 1. The van der Waals surface area contributed by atoms with Gasteiger partial charge in [-0.1, -0.05) is 30.3 Å². The highest BCUT2D eigenvalue weighted by atomic mass is 14.8. The molecule has 17 heavy (non-hydrogen) atoms. The van der Waals surface area contributed by atoms with Crippen molar-refractivity contribution in [3.05, 3.63) is 54.1 Å². The highest BCUT2D eigenvalue weighted by Gasteiger charge is 2.03. The molecule has 0 aliphatic rings. The first-order chi connectivity index (χ1) is 8.24. The van der Waals surface area contributed by atoms with Gasteiger partial charge in [-0.2, -0.15) is 0 Å². The molecule has 4 N–H and O–H groups in total. The summed E-state index contributed by atoms with van der Waals surface area (Å²) < 4.78 is 0. The number of pyridine rings is 1. The van der Waals surface area contributed by atoms with Gasteiger partial charge in [0.2, 0.25) is 0 Å². The Bertz CT molecular complexity index is 689. The van der Waals surface area contributed by atoms with E-state index in [0.29, 0.717) is 0 Å². The van der Waals surface area contributed by atoms with Crippen LogP contribution in [0.25, 0.3) is 21.8 Å². The van der Waals surface area contributed by atoms with Crippen LogP contribution in [0.5, 0.6) is 0 Å². The summed E-state index contributed by atoms with van der Waals surface area (Å²) in [6.45, 7) is 0. The molecule has 3 aromatic rings. The van der Waals surface area contributed by atoms with Crippen molar-refractivity contribution in [2.24, 2.45) is 11.5 Å². The number of benzene rings is 2. The minimum absolute atomic E-state index is 0.451. The molecular weight excluding hydrogens is 210 g/mol. The number of hydrogen-bond donors (Lipinski definition) is 2. The van der Waals surface area contributed by atoms with E-state index in [4.69, 9.17) is 11.5 Å². The average Bonchev–Trinajstić information content (AvgIpc) is 2.35. The number of hydrogen-bond acceptors (Lipinski definition) is 3. The summed E-state index contributed by atoms with van der Waals surface area (Å²) in [6, 6.07) is 16.1. The third-order valence-electron chi connectivity index (χ3n) is 2.93. The third-order valence-corrected chi connectivity index (χ3v) is 2.93. The molecule has 3 heteroatoms. The Balaban J connectivity index is 2.32. The number of rotatable bonds is 1. The molecule has 0 spiro atoms. The van der Waals surface area contributed by atoms with Crippen LogP contribution in [0.4, 0.5) is 0 Å². The van der Waals surface area contributed by atoms with Gasteiger partial charge in [0.15, 0.2) is 0 Å². The van der Waals surface area contributed by atoms with Crippen LogP contribution in [-0.4, -0.2) is 4.98 Å². The van der Waals surface area contributed by atoms with Gasteiger partial charge in [-0.15, -0.1) is 0 Å². The van der Waals surface area contributed by atoms with Crippen molar-refractivity contribution in [1.29, 1.82) is 0 Å². The fourth-order valence-electron chi connectivity index (χ4n) is 2.00. The van der Waals surface area contributed by atoms with E-state index in [9.17, 15) is 0 Å². The van der Waals surface area contributed by atoms with Gasteiger partial charge < -0.3 is 11.5 Å². The van der Waals surface area contributed by atoms with Crippen LogP contribution in [0.2, 0.25) is 0 Å². The summed E-state index contributed by atoms with van der Waals surface area (Å²) in [4.78, 5) is 4.61. The lowest BCUT2D eigenvalue weighted by molar-refractivity contribution is 0.775. The van der Waals surface area contributed by atoms with Crippen molar-refractivity contribution >= 4 is 21.8 Å². The van der Waals surface area contributed by atoms with Gasteiger partial charge >= 0.3 is 0 Å². The smallest absolute Gasteiger partial charge is 0.0785 e. The molecule has 0 bridgehead atoms. The van der Waals surface area contributed by atoms with E-state index < -0.39 is 6.17 Å². The minimum Gasteiger partial charge on any atom is -0.312 e. The van der Waals surface area contributed by atoms with Crippen LogP contribution < -0.4 is 11.5 Å². The predicted octanol–water partition coefficient (Wildman–Crippen LogP) is 2.30. The maximum atomic E-state index is 5.67. The van der Waals surface area contributed by atoms with E-state index in [1.165, 1.54) is 0 Å². The van der Waals surface area contributed by atoms with E-state index >= 15 is 0 Å². The standard InChI is InChI=1S/C14H13N3/c15-14(16)11-6-5-10-7-9-3-1-2-4-12(9)17-13(10)8-11/h1-8,14H,15-16H2. The Morgan fingerprint density at radius 2 is 1.59 bits per heavy atom. The summed E-state index contributed by atoms with van der Waals surface area (Å²) >= 11 is 0. The van der Waals surface area contributed by atoms with Gasteiger partial charge in [0.1, 0.15) is 0 Å². The lowest BCUT2D eigenvalue weighted by Crippen LogP contribution is -2.19. The molecule has 0 radical (unpaired) electrons. The zero-order valence-electron chi connectivity index (χ0n) is 9.30. The fraction of sp³-hybridized carbons (Fsp3) is 0.0714. The molecular formula is C14H13N3. The average molecular weight is 223 g/mol. The molecule has 0 atom stereocenters. The molecule has 0 fully saturated rings. The quantitative estimate of drug-likeness (QED) is 0.491. The van der Waals surface area contributed by atoms with Crippen molar-refractivity contribution in [3.63, 3.8) is 0 Å². The molecule has 2 aromatic carbocycles. The van der Waals surface area contributed by atoms with Crippen molar-refractivity contribution in [2.45, 2.75) is 6.17 Å². The molecule has 0 aliphatic carbocycles. The van der Waals surface area contributed by atoms with E-state index in [1.54, 1.807) is 0 Å². The zero-order valence-corrected chi connectivity index (χ0v) is 9.30. The molecule has 1 heterocycles. The molecule has 0 saturated heterocycles. The zero-order chi connectivity index (χ0) is 11.8. The van der Waals surface area contributed by atoms with Gasteiger partial charge in [0, 0.05) is 10.8 Å². The first-order valence-electron chi connectivity index (χ1n) is 5.55. The van der Waals surface area contributed by atoms with Crippen LogP contribution >= 0.6 is 0 Å². The van der Waals surface area contributed by atoms with Crippen LogP contribution in [0, 0.1) is 0 Å². The largest absolute Gasteiger partial charge is 0.312 e. The summed E-state index contributed by atoms with van der Waals surface area (Å²) in [7, 11) is 0. The Kier molecular flexibility index (Phi) is 2.28. The second-order valence-corrected chi connectivity index (χ2v) is 4.16. The monoisotopic (exact) mass is 223 g/mol. The Hall–Kier alpha value is -1.97. The summed E-state index contributed by atoms with van der Waals surface area (Å²) in [5.74, 6) is 0. The van der Waals surface area contributed by atoms with Crippen molar-refractivity contribution < 1.29 is 0 Å². The van der Waals surface area contributed by atoms with Gasteiger partial charge in [-0.25, -0.2) is 4.98 Å². The van der Waals surface area contributed by atoms with Crippen LogP contribution in [-0.2, 0) is 0 Å². The second kappa shape index (κ2) is 3.80. The second-order valence-electron chi connectivity index (χ2n) is 4.16. The molecule has 0 aliphatic heterocycles. The molecule has 0 amide bonds. The van der Waals surface area contributed by atoms with Gasteiger partial charge in [-0.05, 0) is 23.8 Å². The number of fused-ring (bicyclic) bond motifs is 2. The van der Waals surface area contributed by atoms with Crippen molar-refractivity contribution in [2.75, 3.05) is 0 Å². The highest BCUT2D eigenvalue weighted by Crippen LogP contribution is 2.21. The molecule has 3 nitrogen and oxygen atoms in total. The van der Waals surface area contributed by atoms with Crippen LogP contribution in [0.15, 0.2) is 48.5 Å². The lowest BCUT2D eigenvalue weighted by Gasteiger charge is -2.07. The predicted molar refractivity (Wildman–Crippen MR) is 70.4 cm³/mol.